The summed E-state index contributed by atoms with van der Waals surface area (Å²) in [6.07, 6.45) is 7.61. The Kier molecular flexibility index (Phi) is 4.11. The van der Waals surface area contributed by atoms with Gasteiger partial charge in [-0.1, -0.05) is 26.8 Å². The molecule has 24 heavy (non-hydrogen) atoms. The lowest BCUT2D eigenvalue weighted by molar-refractivity contribution is 0.378. The lowest BCUT2D eigenvalue weighted by Crippen LogP contribution is -2.07. The average molecular weight is 318 g/mol. The van der Waals surface area contributed by atoms with Crippen molar-refractivity contribution >= 4 is 5.52 Å². The topological polar surface area (TPSA) is 54.0 Å². The highest BCUT2D eigenvalue weighted by atomic mass is 15.2. The van der Waals surface area contributed by atoms with Crippen molar-refractivity contribution < 1.29 is 0 Å². The van der Waals surface area contributed by atoms with E-state index in [9.17, 15) is 5.26 Å². The molecule has 0 bridgehead atoms. The fourth-order valence-corrected chi connectivity index (χ4v) is 2.76. The summed E-state index contributed by atoms with van der Waals surface area (Å²) < 4.78 is 1.83. The van der Waals surface area contributed by atoms with E-state index < -0.39 is 0 Å². The number of nitrogens with zero attached hydrogens (tertiary/aromatic N) is 4. The van der Waals surface area contributed by atoms with E-state index in [0.29, 0.717) is 5.56 Å². The summed E-state index contributed by atoms with van der Waals surface area (Å²) >= 11 is 0. The molecule has 0 aliphatic rings. The third kappa shape index (κ3) is 3.30. The first-order valence-corrected chi connectivity index (χ1v) is 8.21. The molecule has 0 aliphatic carbocycles. The van der Waals surface area contributed by atoms with E-state index in [0.717, 1.165) is 35.2 Å². The molecule has 0 fully saturated rings. The minimum absolute atomic E-state index is 0.280. The highest BCUT2D eigenvalue weighted by Crippen LogP contribution is 2.29. The number of hydrogen-bond donors (Lipinski definition) is 0. The van der Waals surface area contributed by atoms with Gasteiger partial charge in [0.1, 0.15) is 6.07 Å². The van der Waals surface area contributed by atoms with E-state index in [-0.39, 0.29) is 5.41 Å². The lowest BCUT2D eigenvalue weighted by Gasteiger charge is -2.18. The van der Waals surface area contributed by atoms with Crippen molar-refractivity contribution in [1.29, 1.82) is 5.26 Å². The highest BCUT2D eigenvalue weighted by molar-refractivity contribution is 5.84. The average Bonchev–Trinajstić information content (AvgIpc) is 2.95. The predicted molar refractivity (Wildman–Crippen MR) is 95.7 cm³/mol. The van der Waals surface area contributed by atoms with Crippen molar-refractivity contribution in [2.45, 2.75) is 40.5 Å². The zero-order chi connectivity index (χ0) is 17.3. The highest BCUT2D eigenvalue weighted by Gasteiger charge is 2.15. The second kappa shape index (κ2) is 6.09. The maximum absolute atomic E-state index is 9.40. The van der Waals surface area contributed by atoms with Gasteiger partial charge in [0, 0.05) is 29.2 Å². The van der Waals surface area contributed by atoms with Crippen molar-refractivity contribution in [2.75, 3.05) is 0 Å². The summed E-state index contributed by atoms with van der Waals surface area (Å²) in [6.45, 7) is 8.72. The molecule has 0 aromatic carbocycles. The van der Waals surface area contributed by atoms with Crippen LogP contribution in [0.1, 0.15) is 44.0 Å². The number of fused-ring (bicyclic) bond motifs is 1. The molecule has 122 valence electrons. The Hall–Kier alpha value is -2.67. The molecule has 3 aromatic heterocycles. The van der Waals surface area contributed by atoms with Crippen LogP contribution < -0.4 is 0 Å². The van der Waals surface area contributed by atoms with Gasteiger partial charge in [0.05, 0.1) is 17.3 Å². The van der Waals surface area contributed by atoms with Crippen LogP contribution in [0.2, 0.25) is 0 Å². The molecule has 3 rings (SSSR count). The smallest absolute Gasteiger partial charge is 0.103 e. The first-order chi connectivity index (χ1) is 11.4. The number of aryl methyl sites for hydroxylation is 2. The number of nitriles is 1. The van der Waals surface area contributed by atoms with Crippen LogP contribution in [0.15, 0.2) is 36.8 Å². The summed E-state index contributed by atoms with van der Waals surface area (Å²) in [5.41, 5.74) is 5.95. The second-order valence-corrected chi connectivity index (χ2v) is 7.47. The molecule has 0 saturated carbocycles. The molecule has 3 heterocycles. The van der Waals surface area contributed by atoms with Crippen LogP contribution in [0, 0.1) is 23.7 Å². The van der Waals surface area contributed by atoms with Crippen LogP contribution >= 0.6 is 0 Å². The molecule has 4 heteroatoms. The van der Waals surface area contributed by atoms with Crippen molar-refractivity contribution in [3.05, 3.63) is 53.6 Å². The van der Waals surface area contributed by atoms with Crippen molar-refractivity contribution in [3.8, 4) is 17.2 Å². The number of pyridine rings is 2. The summed E-state index contributed by atoms with van der Waals surface area (Å²) in [6, 6.07) is 8.47. The normalized spacial score (nSPS) is 11.6. The zero-order valence-electron chi connectivity index (χ0n) is 14.7. The predicted octanol–water partition coefficient (Wildman–Crippen LogP) is 4.56. The van der Waals surface area contributed by atoms with Crippen molar-refractivity contribution in [2.24, 2.45) is 5.41 Å². The van der Waals surface area contributed by atoms with Crippen LogP contribution in [0.4, 0.5) is 0 Å². The van der Waals surface area contributed by atoms with Crippen molar-refractivity contribution in [1.82, 2.24) is 14.6 Å². The molecule has 0 N–H and O–H groups in total. The zero-order valence-corrected chi connectivity index (χ0v) is 14.7. The van der Waals surface area contributed by atoms with E-state index in [1.54, 1.807) is 6.20 Å². The standard InChI is InChI=1S/C20H22N4/c1-14-5-6-16(11-22-14)18-9-15(7-8-20(2,3)4)13-24-19(18)17(10-21)12-23-24/h5-6,9,11-13H,7-8H2,1-4H3. The molecule has 0 spiro atoms. The van der Waals surface area contributed by atoms with Gasteiger partial charge in [0.2, 0.25) is 0 Å². The maximum Gasteiger partial charge on any atom is 0.103 e. The molecule has 0 unspecified atom stereocenters. The Balaban J connectivity index is 2.14. The lowest BCUT2D eigenvalue weighted by atomic mass is 9.88. The summed E-state index contributed by atoms with van der Waals surface area (Å²) in [5.74, 6) is 0. The summed E-state index contributed by atoms with van der Waals surface area (Å²) in [7, 11) is 0. The van der Waals surface area contributed by atoms with E-state index in [1.807, 2.05) is 29.9 Å². The van der Waals surface area contributed by atoms with Gasteiger partial charge in [-0.3, -0.25) is 4.98 Å². The second-order valence-electron chi connectivity index (χ2n) is 7.47. The Morgan fingerprint density at radius 1 is 1.21 bits per heavy atom. The minimum Gasteiger partial charge on any atom is -0.261 e. The Labute approximate surface area is 142 Å². The minimum atomic E-state index is 0.280. The van der Waals surface area contributed by atoms with E-state index in [2.05, 4.69) is 49.1 Å². The Morgan fingerprint density at radius 2 is 2.00 bits per heavy atom. The van der Waals surface area contributed by atoms with Gasteiger partial charge in [-0.05, 0) is 42.9 Å². The van der Waals surface area contributed by atoms with E-state index >= 15 is 0 Å². The molecular weight excluding hydrogens is 296 g/mol. The van der Waals surface area contributed by atoms with Crippen molar-refractivity contribution in [3.63, 3.8) is 0 Å². The number of aromatic nitrogens is 3. The molecule has 0 saturated heterocycles. The summed E-state index contributed by atoms with van der Waals surface area (Å²) in [4.78, 5) is 4.40. The fraction of sp³-hybridized carbons (Fsp3) is 0.350. The van der Waals surface area contributed by atoms with Crippen LogP contribution in [0.3, 0.4) is 0 Å². The first kappa shape index (κ1) is 16.2. The fourth-order valence-electron chi connectivity index (χ4n) is 2.76. The molecule has 4 nitrogen and oxygen atoms in total. The van der Waals surface area contributed by atoms with Crippen LogP contribution in [-0.4, -0.2) is 14.6 Å². The van der Waals surface area contributed by atoms with Gasteiger partial charge in [-0.2, -0.15) is 10.4 Å². The third-order valence-electron chi connectivity index (χ3n) is 4.17. The molecule has 0 aliphatic heterocycles. The van der Waals surface area contributed by atoms with Crippen LogP contribution in [0.5, 0.6) is 0 Å². The molecule has 0 amide bonds. The maximum atomic E-state index is 9.40. The molecule has 0 radical (unpaired) electrons. The van der Waals surface area contributed by atoms with Crippen LogP contribution in [0.25, 0.3) is 16.6 Å². The quantitative estimate of drug-likeness (QED) is 0.711. The van der Waals surface area contributed by atoms with Gasteiger partial charge >= 0.3 is 0 Å². The number of rotatable bonds is 3. The SMILES string of the molecule is Cc1ccc(-c2cc(CCC(C)(C)C)cn3ncc(C#N)c23)cn1. The summed E-state index contributed by atoms with van der Waals surface area (Å²) in [5, 5.41) is 13.8. The largest absolute Gasteiger partial charge is 0.261 e. The molecule has 3 aromatic rings. The van der Waals surface area contributed by atoms with Gasteiger partial charge in [0.15, 0.2) is 0 Å². The molecule has 0 atom stereocenters. The van der Waals surface area contributed by atoms with Gasteiger partial charge in [-0.25, -0.2) is 4.52 Å². The monoisotopic (exact) mass is 318 g/mol. The van der Waals surface area contributed by atoms with Gasteiger partial charge in [-0.15, -0.1) is 0 Å². The Morgan fingerprint density at radius 3 is 2.62 bits per heavy atom. The Bertz CT molecular complexity index is 906. The van der Waals surface area contributed by atoms with Crippen LogP contribution in [-0.2, 0) is 6.42 Å². The number of hydrogen-bond acceptors (Lipinski definition) is 3. The van der Waals surface area contributed by atoms with Gasteiger partial charge < -0.3 is 0 Å². The first-order valence-electron chi connectivity index (χ1n) is 8.21. The van der Waals surface area contributed by atoms with E-state index in [1.165, 1.54) is 5.56 Å². The third-order valence-corrected chi connectivity index (χ3v) is 4.17. The van der Waals surface area contributed by atoms with E-state index in [4.69, 9.17) is 0 Å². The van der Waals surface area contributed by atoms with Gasteiger partial charge in [0.25, 0.3) is 0 Å². The molecular formula is C20H22N4.